The fourth-order valence-corrected chi connectivity index (χ4v) is 0.936. The van der Waals surface area contributed by atoms with Crippen LogP contribution in [0.4, 0.5) is 0 Å². The molecule has 0 aliphatic heterocycles. The van der Waals surface area contributed by atoms with Gasteiger partial charge < -0.3 is 4.52 Å². The van der Waals surface area contributed by atoms with Gasteiger partial charge in [0.25, 0.3) is 5.89 Å². The lowest BCUT2D eigenvalue weighted by Crippen LogP contribution is -1.93. The molecule has 0 aliphatic carbocycles. The number of hydrogen-bond acceptors (Lipinski definition) is 3. The predicted octanol–water partition coefficient (Wildman–Crippen LogP) is 3.01. The van der Waals surface area contributed by atoms with Crippen LogP contribution in [0, 0.1) is 0 Å². The molecule has 1 unspecified atom stereocenters. The van der Waals surface area contributed by atoms with Crippen LogP contribution < -0.4 is 0 Å². The minimum Gasteiger partial charge on any atom is -0.335 e. The molecular formula is C10H16N2O. The van der Waals surface area contributed by atoms with E-state index >= 15 is 0 Å². The zero-order chi connectivity index (χ0) is 9.84. The number of rotatable bonds is 3. The van der Waals surface area contributed by atoms with Crippen LogP contribution in [0.2, 0.25) is 0 Å². The van der Waals surface area contributed by atoms with Gasteiger partial charge in [-0.3, -0.25) is 0 Å². The van der Waals surface area contributed by atoms with E-state index < -0.39 is 0 Å². The van der Waals surface area contributed by atoms with Crippen molar-refractivity contribution in [2.45, 2.75) is 40.0 Å². The van der Waals surface area contributed by atoms with Crippen molar-refractivity contribution in [3.8, 4) is 0 Å². The molecule has 3 nitrogen and oxygen atoms in total. The summed E-state index contributed by atoms with van der Waals surface area (Å²) in [6, 6.07) is 0. The molecule has 13 heavy (non-hydrogen) atoms. The highest BCUT2D eigenvalue weighted by molar-refractivity contribution is 5.41. The van der Waals surface area contributed by atoms with E-state index in [2.05, 4.69) is 24.0 Å². The second kappa shape index (κ2) is 4.21. The first-order chi connectivity index (χ1) is 6.13. The Kier molecular flexibility index (Phi) is 3.23. The van der Waals surface area contributed by atoms with Gasteiger partial charge in [-0.05, 0) is 20.3 Å². The standard InChI is InChI=1S/C10H16N2O/c1-5-8(4)10-11-9(13-12-10)6-7(2)3/h6,8H,5H2,1-4H3. The molecule has 0 aromatic carbocycles. The van der Waals surface area contributed by atoms with Crippen molar-refractivity contribution in [2.75, 3.05) is 0 Å². The third-order valence-corrected chi connectivity index (χ3v) is 1.92. The van der Waals surface area contributed by atoms with E-state index in [-0.39, 0.29) is 0 Å². The van der Waals surface area contributed by atoms with Crippen LogP contribution in [0.3, 0.4) is 0 Å². The summed E-state index contributed by atoms with van der Waals surface area (Å²) in [5.41, 5.74) is 1.17. The molecule has 1 rings (SSSR count). The van der Waals surface area contributed by atoms with Gasteiger partial charge in [0.1, 0.15) is 0 Å². The van der Waals surface area contributed by atoms with E-state index in [1.807, 2.05) is 19.9 Å². The highest BCUT2D eigenvalue weighted by Gasteiger charge is 2.09. The highest BCUT2D eigenvalue weighted by Crippen LogP contribution is 2.15. The molecular weight excluding hydrogens is 164 g/mol. The molecule has 1 aromatic heterocycles. The summed E-state index contributed by atoms with van der Waals surface area (Å²) in [4.78, 5) is 4.27. The summed E-state index contributed by atoms with van der Waals surface area (Å²) in [6.45, 7) is 8.22. The normalized spacial score (nSPS) is 12.6. The van der Waals surface area contributed by atoms with Crippen molar-refractivity contribution in [3.05, 3.63) is 17.3 Å². The second-order valence-electron chi connectivity index (χ2n) is 3.52. The summed E-state index contributed by atoms with van der Waals surface area (Å²) in [5, 5.41) is 3.91. The Morgan fingerprint density at radius 3 is 2.77 bits per heavy atom. The maximum absolute atomic E-state index is 5.06. The number of allylic oxidation sites excluding steroid dienone is 1. The maximum Gasteiger partial charge on any atom is 0.250 e. The second-order valence-corrected chi connectivity index (χ2v) is 3.52. The third kappa shape index (κ3) is 2.68. The van der Waals surface area contributed by atoms with Crippen molar-refractivity contribution < 1.29 is 4.52 Å². The summed E-state index contributed by atoms with van der Waals surface area (Å²) in [6.07, 6.45) is 2.92. The summed E-state index contributed by atoms with van der Waals surface area (Å²) in [7, 11) is 0. The van der Waals surface area contributed by atoms with Gasteiger partial charge in [-0.1, -0.05) is 24.6 Å². The molecule has 0 bridgehead atoms. The average Bonchev–Trinajstić information content (AvgIpc) is 2.50. The molecule has 0 aliphatic rings. The quantitative estimate of drug-likeness (QED) is 0.717. The van der Waals surface area contributed by atoms with Gasteiger partial charge in [0.15, 0.2) is 5.82 Å². The molecule has 0 fully saturated rings. The topological polar surface area (TPSA) is 38.9 Å². The van der Waals surface area contributed by atoms with E-state index in [0.717, 1.165) is 12.2 Å². The zero-order valence-corrected chi connectivity index (χ0v) is 8.66. The van der Waals surface area contributed by atoms with Gasteiger partial charge in [-0.15, -0.1) is 0 Å². The number of hydrogen-bond donors (Lipinski definition) is 0. The fourth-order valence-electron chi connectivity index (χ4n) is 0.936. The van der Waals surface area contributed by atoms with E-state index in [1.54, 1.807) is 0 Å². The fraction of sp³-hybridized carbons (Fsp3) is 0.600. The van der Waals surface area contributed by atoms with Crippen LogP contribution in [-0.4, -0.2) is 10.1 Å². The Bertz CT molecular complexity index is 298. The molecule has 1 aromatic rings. The van der Waals surface area contributed by atoms with Crippen molar-refractivity contribution in [1.82, 2.24) is 10.1 Å². The van der Waals surface area contributed by atoms with E-state index in [1.165, 1.54) is 5.57 Å². The molecule has 0 spiro atoms. The Hall–Kier alpha value is -1.12. The van der Waals surface area contributed by atoms with Crippen LogP contribution in [0.1, 0.15) is 51.7 Å². The maximum atomic E-state index is 5.06. The first-order valence-electron chi connectivity index (χ1n) is 4.62. The number of nitrogens with zero attached hydrogens (tertiary/aromatic N) is 2. The minimum atomic E-state index is 0.378. The van der Waals surface area contributed by atoms with Crippen LogP contribution in [0.25, 0.3) is 6.08 Å². The van der Waals surface area contributed by atoms with Gasteiger partial charge >= 0.3 is 0 Å². The molecule has 0 saturated heterocycles. The van der Waals surface area contributed by atoms with E-state index in [9.17, 15) is 0 Å². The summed E-state index contributed by atoms with van der Waals surface area (Å²) in [5.74, 6) is 1.79. The molecule has 3 heteroatoms. The number of aromatic nitrogens is 2. The molecule has 72 valence electrons. The molecule has 0 saturated carbocycles. The molecule has 0 N–H and O–H groups in total. The summed E-state index contributed by atoms with van der Waals surface area (Å²) < 4.78 is 5.06. The lowest BCUT2D eigenvalue weighted by molar-refractivity contribution is 0.398. The smallest absolute Gasteiger partial charge is 0.250 e. The Balaban J connectivity index is 2.80. The van der Waals surface area contributed by atoms with Gasteiger partial charge in [0.2, 0.25) is 0 Å². The van der Waals surface area contributed by atoms with Gasteiger partial charge in [-0.2, -0.15) is 4.98 Å². The van der Waals surface area contributed by atoms with Gasteiger partial charge in [0.05, 0.1) is 0 Å². The largest absolute Gasteiger partial charge is 0.335 e. The summed E-state index contributed by atoms with van der Waals surface area (Å²) >= 11 is 0. The van der Waals surface area contributed by atoms with Crippen molar-refractivity contribution in [3.63, 3.8) is 0 Å². The van der Waals surface area contributed by atoms with Crippen molar-refractivity contribution in [1.29, 1.82) is 0 Å². The molecule has 0 radical (unpaired) electrons. The van der Waals surface area contributed by atoms with Crippen LogP contribution in [-0.2, 0) is 0 Å². The van der Waals surface area contributed by atoms with Crippen LogP contribution in [0.5, 0.6) is 0 Å². The van der Waals surface area contributed by atoms with Crippen molar-refractivity contribution in [2.24, 2.45) is 0 Å². The Morgan fingerprint density at radius 2 is 2.23 bits per heavy atom. The highest BCUT2D eigenvalue weighted by atomic mass is 16.5. The molecule has 0 amide bonds. The minimum absolute atomic E-state index is 0.378. The molecule has 1 heterocycles. The van der Waals surface area contributed by atoms with E-state index in [0.29, 0.717) is 11.8 Å². The van der Waals surface area contributed by atoms with Crippen LogP contribution >= 0.6 is 0 Å². The lowest BCUT2D eigenvalue weighted by Gasteiger charge is -1.98. The lowest BCUT2D eigenvalue weighted by atomic mass is 10.1. The van der Waals surface area contributed by atoms with Crippen molar-refractivity contribution >= 4 is 6.08 Å². The molecule has 1 atom stereocenters. The first kappa shape index (κ1) is 9.96. The average molecular weight is 180 g/mol. The third-order valence-electron chi connectivity index (χ3n) is 1.92. The van der Waals surface area contributed by atoms with E-state index in [4.69, 9.17) is 4.52 Å². The Morgan fingerprint density at radius 1 is 1.54 bits per heavy atom. The van der Waals surface area contributed by atoms with Crippen LogP contribution in [0.15, 0.2) is 10.1 Å². The van der Waals surface area contributed by atoms with Gasteiger partial charge in [0, 0.05) is 12.0 Å². The Labute approximate surface area is 78.8 Å². The predicted molar refractivity (Wildman–Crippen MR) is 52.3 cm³/mol. The van der Waals surface area contributed by atoms with Gasteiger partial charge in [-0.25, -0.2) is 0 Å². The SMILES string of the molecule is CCC(C)c1noc(C=C(C)C)n1. The first-order valence-corrected chi connectivity index (χ1v) is 4.62. The monoisotopic (exact) mass is 180 g/mol. The zero-order valence-electron chi connectivity index (χ0n) is 8.66.